The first-order valence-electron chi connectivity index (χ1n) is 6.64. The summed E-state index contributed by atoms with van der Waals surface area (Å²) in [7, 11) is 1.93. The summed E-state index contributed by atoms with van der Waals surface area (Å²) in [5.74, 6) is 1.02. The van der Waals surface area contributed by atoms with Crippen LogP contribution in [0, 0.1) is 0 Å². The fourth-order valence-electron chi connectivity index (χ4n) is 2.09. The number of pyridine rings is 1. The van der Waals surface area contributed by atoms with Gasteiger partial charge >= 0.3 is 0 Å². The van der Waals surface area contributed by atoms with E-state index in [1.807, 2.05) is 19.4 Å². The van der Waals surface area contributed by atoms with E-state index < -0.39 is 0 Å². The van der Waals surface area contributed by atoms with Crippen LogP contribution in [0.25, 0.3) is 0 Å². The van der Waals surface area contributed by atoms with Crippen LogP contribution in [0.3, 0.4) is 0 Å². The molecule has 4 nitrogen and oxygen atoms in total. The maximum absolute atomic E-state index is 5.50. The van der Waals surface area contributed by atoms with E-state index >= 15 is 0 Å². The van der Waals surface area contributed by atoms with Gasteiger partial charge in [0.1, 0.15) is 5.76 Å². The van der Waals surface area contributed by atoms with E-state index in [1.165, 1.54) is 11.1 Å². The van der Waals surface area contributed by atoms with E-state index in [1.54, 1.807) is 6.26 Å². The van der Waals surface area contributed by atoms with Crippen LogP contribution in [0.4, 0.5) is 0 Å². The van der Waals surface area contributed by atoms with Crippen molar-refractivity contribution in [3.63, 3.8) is 0 Å². The molecule has 0 fully saturated rings. The minimum absolute atomic E-state index is 0.773. The smallest absolute Gasteiger partial charge is 0.122 e. The van der Waals surface area contributed by atoms with Gasteiger partial charge in [-0.2, -0.15) is 0 Å². The molecule has 0 amide bonds. The molecule has 0 aliphatic heterocycles. The molecule has 4 heteroatoms. The summed E-state index contributed by atoms with van der Waals surface area (Å²) in [5, 5.41) is 3.13. The Hall–Kier alpha value is -1.65. The van der Waals surface area contributed by atoms with Crippen molar-refractivity contribution in [1.82, 2.24) is 15.2 Å². The second-order valence-corrected chi connectivity index (χ2v) is 4.56. The van der Waals surface area contributed by atoms with Crippen molar-refractivity contribution in [2.75, 3.05) is 13.6 Å². The Morgan fingerprint density at radius 2 is 2.00 bits per heavy atom. The fraction of sp³-hybridized carbons (Fsp3) is 0.400. The summed E-state index contributed by atoms with van der Waals surface area (Å²) in [6.07, 6.45) is 5.45. The zero-order chi connectivity index (χ0) is 13.5. The number of rotatable bonds is 7. The molecule has 0 atom stereocenters. The third-order valence-electron chi connectivity index (χ3n) is 3.17. The number of aromatic nitrogens is 1. The van der Waals surface area contributed by atoms with Gasteiger partial charge in [-0.05, 0) is 37.4 Å². The van der Waals surface area contributed by atoms with Gasteiger partial charge < -0.3 is 9.73 Å². The largest absolute Gasteiger partial charge is 0.468 e. The topological polar surface area (TPSA) is 41.3 Å². The van der Waals surface area contributed by atoms with Gasteiger partial charge in [0.25, 0.3) is 0 Å². The summed E-state index contributed by atoms with van der Waals surface area (Å²) in [5.41, 5.74) is 2.54. The summed E-state index contributed by atoms with van der Waals surface area (Å²) >= 11 is 0. The minimum Gasteiger partial charge on any atom is -0.468 e. The zero-order valence-electron chi connectivity index (χ0n) is 11.6. The van der Waals surface area contributed by atoms with Crippen LogP contribution in [0.5, 0.6) is 0 Å². The van der Waals surface area contributed by atoms with Gasteiger partial charge in [0, 0.05) is 31.0 Å². The third kappa shape index (κ3) is 3.91. The summed E-state index contributed by atoms with van der Waals surface area (Å²) < 4.78 is 5.50. The van der Waals surface area contributed by atoms with Crippen LogP contribution in [-0.4, -0.2) is 23.5 Å². The first-order valence-corrected chi connectivity index (χ1v) is 6.64. The molecule has 2 aromatic rings. The summed E-state index contributed by atoms with van der Waals surface area (Å²) in [4.78, 5) is 6.44. The van der Waals surface area contributed by atoms with Gasteiger partial charge in [-0.3, -0.25) is 9.88 Å². The maximum atomic E-state index is 5.50. The molecule has 0 aliphatic carbocycles. The highest BCUT2D eigenvalue weighted by Gasteiger charge is 2.10. The molecular formula is C15H21N3O. The van der Waals surface area contributed by atoms with E-state index in [2.05, 4.69) is 40.3 Å². The molecule has 0 saturated heterocycles. The van der Waals surface area contributed by atoms with Crippen molar-refractivity contribution >= 4 is 0 Å². The number of nitrogens with zero attached hydrogens (tertiary/aromatic N) is 2. The van der Waals surface area contributed by atoms with Crippen molar-refractivity contribution in [3.8, 4) is 0 Å². The molecule has 1 N–H and O–H groups in total. The lowest BCUT2D eigenvalue weighted by atomic mass is 10.2. The molecule has 0 bridgehead atoms. The highest BCUT2D eigenvalue weighted by Crippen LogP contribution is 2.15. The quantitative estimate of drug-likeness (QED) is 0.829. The molecule has 102 valence electrons. The summed E-state index contributed by atoms with van der Waals surface area (Å²) in [6.45, 7) is 5.80. The Morgan fingerprint density at radius 1 is 1.21 bits per heavy atom. The van der Waals surface area contributed by atoms with Crippen LogP contribution >= 0.6 is 0 Å². The van der Waals surface area contributed by atoms with Gasteiger partial charge in [-0.25, -0.2) is 0 Å². The number of hydrogen-bond acceptors (Lipinski definition) is 4. The number of hydrogen-bond donors (Lipinski definition) is 1. The SMILES string of the molecule is CCN(Cc1ccncc1)Cc1ccoc1CNC. The molecule has 2 aromatic heterocycles. The Kier molecular flexibility index (Phi) is 5.12. The van der Waals surface area contributed by atoms with E-state index in [0.717, 1.165) is 31.9 Å². The van der Waals surface area contributed by atoms with Gasteiger partial charge in [0.05, 0.1) is 12.8 Å². The molecule has 19 heavy (non-hydrogen) atoms. The van der Waals surface area contributed by atoms with E-state index in [-0.39, 0.29) is 0 Å². The number of furan rings is 1. The Balaban J connectivity index is 2.00. The first-order chi connectivity index (χ1) is 9.33. The Labute approximate surface area is 114 Å². The van der Waals surface area contributed by atoms with E-state index in [0.29, 0.717) is 0 Å². The molecule has 0 unspecified atom stereocenters. The second kappa shape index (κ2) is 7.07. The first kappa shape index (κ1) is 13.8. The van der Waals surface area contributed by atoms with Crippen molar-refractivity contribution < 1.29 is 4.42 Å². The van der Waals surface area contributed by atoms with Gasteiger partial charge in [0.15, 0.2) is 0 Å². The van der Waals surface area contributed by atoms with Crippen molar-refractivity contribution in [1.29, 1.82) is 0 Å². The molecule has 0 spiro atoms. The maximum Gasteiger partial charge on any atom is 0.122 e. The highest BCUT2D eigenvalue weighted by atomic mass is 16.3. The lowest BCUT2D eigenvalue weighted by Crippen LogP contribution is -2.23. The second-order valence-electron chi connectivity index (χ2n) is 4.56. The zero-order valence-corrected chi connectivity index (χ0v) is 11.6. The van der Waals surface area contributed by atoms with Crippen LogP contribution in [0.15, 0.2) is 41.3 Å². The summed E-state index contributed by atoms with van der Waals surface area (Å²) in [6, 6.07) is 6.18. The van der Waals surface area contributed by atoms with Crippen LogP contribution in [0.2, 0.25) is 0 Å². The van der Waals surface area contributed by atoms with Gasteiger partial charge in [0.2, 0.25) is 0 Å². The lowest BCUT2D eigenvalue weighted by Gasteiger charge is -2.20. The Bertz CT molecular complexity index is 481. The van der Waals surface area contributed by atoms with Crippen LogP contribution < -0.4 is 5.32 Å². The molecule has 2 rings (SSSR count). The molecule has 0 saturated carbocycles. The predicted molar refractivity (Wildman–Crippen MR) is 75.5 cm³/mol. The lowest BCUT2D eigenvalue weighted by molar-refractivity contribution is 0.268. The highest BCUT2D eigenvalue weighted by molar-refractivity contribution is 5.17. The molecular weight excluding hydrogens is 238 g/mol. The third-order valence-corrected chi connectivity index (χ3v) is 3.17. The molecule has 0 aromatic carbocycles. The van der Waals surface area contributed by atoms with Gasteiger partial charge in [-0.1, -0.05) is 6.92 Å². The van der Waals surface area contributed by atoms with Crippen molar-refractivity contribution in [2.45, 2.75) is 26.6 Å². The van der Waals surface area contributed by atoms with Crippen molar-refractivity contribution in [3.05, 3.63) is 53.7 Å². The van der Waals surface area contributed by atoms with E-state index in [4.69, 9.17) is 4.42 Å². The average Bonchev–Trinajstić information content (AvgIpc) is 2.87. The van der Waals surface area contributed by atoms with Crippen molar-refractivity contribution in [2.24, 2.45) is 0 Å². The number of nitrogens with one attached hydrogen (secondary N) is 1. The standard InChI is InChI=1S/C15H21N3O/c1-3-18(11-13-4-7-17-8-5-13)12-14-6-9-19-15(14)10-16-2/h4-9,16H,3,10-12H2,1-2H3. The van der Waals surface area contributed by atoms with E-state index in [9.17, 15) is 0 Å². The normalized spacial score (nSPS) is 11.1. The molecule has 0 aliphatic rings. The molecule has 0 radical (unpaired) electrons. The predicted octanol–water partition coefficient (Wildman–Crippen LogP) is 2.42. The minimum atomic E-state index is 0.773. The average molecular weight is 259 g/mol. The Morgan fingerprint density at radius 3 is 2.68 bits per heavy atom. The van der Waals surface area contributed by atoms with Gasteiger partial charge in [-0.15, -0.1) is 0 Å². The van der Waals surface area contributed by atoms with Crippen LogP contribution in [0.1, 0.15) is 23.8 Å². The van der Waals surface area contributed by atoms with Crippen LogP contribution in [-0.2, 0) is 19.6 Å². The fourth-order valence-corrected chi connectivity index (χ4v) is 2.09. The monoisotopic (exact) mass is 259 g/mol. The molecule has 2 heterocycles.